The van der Waals surface area contributed by atoms with Gasteiger partial charge in [-0.15, -0.1) is 0 Å². The maximum absolute atomic E-state index is 3.80. The second-order valence-electron chi connectivity index (χ2n) is 7.00. The van der Waals surface area contributed by atoms with E-state index in [9.17, 15) is 0 Å². The Labute approximate surface area is 118 Å². The van der Waals surface area contributed by atoms with Crippen molar-refractivity contribution in [2.45, 2.75) is 63.6 Å². The van der Waals surface area contributed by atoms with E-state index in [4.69, 9.17) is 0 Å². The Bertz CT molecular complexity index is 290. The predicted octanol–water partition coefficient (Wildman–Crippen LogP) is 1.93. The summed E-state index contributed by atoms with van der Waals surface area (Å²) in [5.41, 5.74) is 0. The molecule has 0 aromatic carbocycles. The molecule has 1 N–H and O–H groups in total. The summed E-state index contributed by atoms with van der Waals surface area (Å²) >= 11 is 0. The minimum Gasteiger partial charge on any atom is -0.312 e. The zero-order valence-electron chi connectivity index (χ0n) is 12.8. The van der Waals surface area contributed by atoms with Gasteiger partial charge in [-0.05, 0) is 64.6 Å². The molecule has 0 aromatic rings. The van der Waals surface area contributed by atoms with Crippen LogP contribution in [-0.4, -0.2) is 61.2 Å². The number of hydrogen-bond donors (Lipinski definition) is 1. The average Bonchev–Trinajstić information content (AvgIpc) is 3.17. The van der Waals surface area contributed by atoms with E-state index in [-0.39, 0.29) is 0 Å². The molecule has 3 unspecified atom stereocenters. The van der Waals surface area contributed by atoms with Crippen molar-refractivity contribution in [1.82, 2.24) is 15.1 Å². The Balaban J connectivity index is 1.53. The molecule has 2 saturated heterocycles. The Morgan fingerprint density at radius 2 is 1.89 bits per heavy atom. The summed E-state index contributed by atoms with van der Waals surface area (Å²) in [6.07, 6.45) is 8.43. The lowest BCUT2D eigenvalue weighted by Gasteiger charge is -2.30. The highest BCUT2D eigenvalue weighted by molar-refractivity contribution is 4.94. The number of likely N-dealkylation sites (N-methyl/N-ethyl adjacent to an activating group) is 1. The monoisotopic (exact) mass is 265 g/mol. The maximum atomic E-state index is 3.80. The van der Waals surface area contributed by atoms with E-state index >= 15 is 0 Å². The van der Waals surface area contributed by atoms with Crippen LogP contribution >= 0.6 is 0 Å². The van der Waals surface area contributed by atoms with E-state index in [1.54, 1.807) is 0 Å². The van der Waals surface area contributed by atoms with Crippen LogP contribution in [-0.2, 0) is 0 Å². The molecule has 3 nitrogen and oxygen atoms in total. The molecule has 2 heterocycles. The molecule has 0 radical (unpaired) electrons. The molecule has 0 amide bonds. The zero-order valence-corrected chi connectivity index (χ0v) is 12.8. The van der Waals surface area contributed by atoms with Crippen molar-refractivity contribution in [2.75, 3.05) is 33.2 Å². The van der Waals surface area contributed by atoms with E-state index < -0.39 is 0 Å². The maximum Gasteiger partial charge on any atom is 0.0223 e. The molecule has 1 aliphatic carbocycles. The van der Waals surface area contributed by atoms with Gasteiger partial charge in [-0.3, -0.25) is 4.90 Å². The summed E-state index contributed by atoms with van der Waals surface area (Å²) in [7, 11) is 2.35. The minimum atomic E-state index is 0.766. The summed E-state index contributed by atoms with van der Waals surface area (Å²) in [4.78, 5) is 5.41. The standard InChI is InChI=1S/C16H31N3/c1-3-9-17-16(13-4-5-13)12-19-10-8-14-6-7-15(11-19)18(14)2/h13-17H,3-12H2,1-2H3. The number of nitrogens with one attached hydrogen (secondary N) is 1. The van der Waals surface area contributed by atoms with Crippen molar-refractivity contribution in [2.24, 2.45) is 5.92 Å². The number of likely N-dealkylation sites (tertiary alicyclic amines) is 1. The fourth-order valence-corrected chi connectivity index (χ4v) is 4.03. The predicted molar refractivity (Wildman–Crippen MR) is 80.4 cm³/mol. The van der Waals surface area contributed by atoms with Gasteiger partial charge in [0.15, 0.2) is 0 Å². The Morgan fingerprint density at radius 1 is 1.11 bits per heavy atom. The van der Waals surface area contributed by atoms with Crippen molar-refractivity contribution < 1.29 is 0 Å². The lowest BCUT2D eigenvalue weighted by atomic mass is 10.1. The highest BCUT2D eigenvalue weighted by atomic mass is 15.3. The number of rotatable bonds is 6. The van der Waals surface area contributed by atoms with Gasteiger partial charge in [-0.2, -0.15) is 0 Å². The molecule has 110 valence electrons. The quantitative estimate of drug-likeness (QED) is 0.792. The average molecular weight is 265 g/mol. The third-order valence-corrected chi connectivity index (χ3v) is 5.54. The van der Waals surface area contributed by atoms with E-state index in [1.807, 2.05) is 0 Å². The topological polar surface area (TPSA) is 18.5 Å². The zero-order chi connectivity index (χ0) is 13.2. The summed E-state index contributed by atoms with van der Waals surface area (Å²) < 4.78 is 0. The first-order valence-electron chi connectivity index (χ1n) is 8.45. The molecule has 3 atom stereocenters. The third kappa shape index (κ3) is 3.32. The number of fused-ring (bicyclic) bond motifs is 2. The van der Waals surface area contributed by atoms with Crippen LogP contribution in [0.1, 0.15) is 45.4 Å². The van der Waals surface area contributed by atoms with E-state index in [2.05, 4.69) is 29.1 Å². The van der Waals surface area contributed by atoms with Crippen molar-refractivity contribution >= 4 is 0 Å². The molecule has 3 aliphatic rings. The van der Waals surface area contributed by atoms with Gasteiger partial charge in [0.1, 0.15) is 0 Å². The first-order valence-corrected chi connectivity index (χ1v) is 8.45. The largest absolute Gasteiger partial charge is 0.312 e. The van der Waals surface area contributed by atoms with Gasteiger partial charge in [-0.1, -0.05) is 6.92 Å². The van der Waals surface area contributed by atoms with Gasteiger partial charge in [0.25, 0.3) is 0 Å². The van der Waals surface area contributed by atoms with E-state index in [1.165, 1.54) is 64.7 Å². The van der Waals surface area contributed by atoms with Crippen molar-refractivity contribution in [3.63, 3.8) is 0 Å². The molecule has 1 saturated carbocycles. The normalized spacial score (nSPS) is 34.4. The molecule has 0 aromatic heterocycles. The van der Waals surface area contributed by atoms with Crippen molar-refractivity contribution in [3.05, 3.63) is 0 Å². The molecule has 2 bridgehead atoms. The second kappa shape index (κ2) is 6.11. The van der Waals surface area contributed by atoms with Gasteiger partial charge in [0.05, 0.1) is 0 Å². The Kier molecular flexibility index (Phi) is 4.45. The first-order chi connectivity index (χ1) is 9.28. The van der Waals surface area contributed by atoms with Crippen LogP contribution in [0.15, 0.2) is 0 Å². The summed E-state index contributed by atoms with van der Waals surface area (Å²) in [5.74, 6) is 0.977. The SMILES string of the molecule is CCCNC(CN1CCC2CCC(C1)N2C)C1CC1. The summed E-state index contributed by atoms with van der Waals surface area (Å²) in [6, 6.07) is 2.47. The molecular weight excluding hydrogens is 234 g/mol. The van der Waals surface area contributed by atoms with Gasteiger partial charge in [0, 0.05) is 31.2 Å². The van der Waals surface area contributed by atoms with Crippen LogP contribution in [0, 0.1) is 5.92 Å². The summed E-state index contributed by atoms with van der Waals surface area (Å²) in [5, 5.41) is 3.80. The fraction of sp³-hybridized carbons (Fsp3) is 1.00. The van der Waals surface area contributed by atoms with Crippen LogP contribution in [0.5, 0.6) is 0 Å². The summed E-state index contributed by atoms with van der Waals surface area (Å²) in [6.45, 7) is 7.39. The second-order valence-corrected chi connectivity index (χ2v) is 7.00. The Hall–Kier alpha value is -0.120. The first kappa shape index (κ1) is 13.8. The lowest BCUT2D eigenvalue weighted by molar-refractivity contribution is 0.199. The molecule has 3 heteroatoms. The number of hydrogen-bond acceptors (Lipinski definition) is 3. The van der Waals surface area contributed by atoms with E-state index in [0.29, 0.717) is 0 Å². The lowest BCUT2D eigenvalue weighted by Crippen LogP contribution is -2.45. The van der Waals surface area contributed by atoms with Crippen LogP contribution < -0.4 is 5.32 Å². The van der Waals surface area contributed by atoms with Gasteiger partial charge < -0.3 is 10.2 Å². The van der Waals surface area contributed by atoms with Crippen molar-refractivity contribution in [3.8, 4) is 0 Å². The van der Waals surface area contributed by atoms with Crippen molar-refractivity contribution in [1.29, 1.82) is 0 Å². The molecule has 2 aliphatic heterocycles. The number of nitrogens with zero attached hydrogens (tertiary/aromatic N) is 2. The fourth-order valence-electron chi connectivity index (χ4n) is 4.03. The molecule has 0 spiro atoms. The minimum absolute atomic E-state index is 0.766. The highest BCUT2D eigenvalue weighted by Crippen LogP contribution is 2.34. The third-order valence-electron chi connectivity index (χ3n) is 5.54. The highest BCUT2D eigenvalue weighted by Gasteiger charge is 2.37. The van der Waals surface area contributed by atoms with Crippen LogP contribution in [0.2, 0.25) is 0 Å². The molecule has 3 rings (SSSR count). The van der Waals surface area contributed by atoms with Gasteiger partial charge in [-0.25, -0.2) is 0 Å². The van der Waals surface area contributed by atoms with Gasteiger partial charge >= 0.3 is 0 Å². The van der Waals surface area contributed by atoms with Crippen LogP contribution in [0.25, 0.3) is 0 Å². The van der Waals surface area contributed by atoms with Gasteiger partial charge in [0.2, 0.25) is 0 Å². The molecule has 3 fully saturated rings. The smallest absolute Gasteiger partial charge is 0.0223 e. The van der Waals surface area contributed by atoms with Crippen LogP contribution in [0.3, 0.4) is 0 Å². The Morgan fingerprint density at radius 3 is 2.63 bits per heavy atom. The molecular formula is C16H31N3. The van der Waals surface area contributed by atoms with E-state index in [0.717, 1.165) is 24.0 Å². The van der Waals surface area contributed by atoms with Crippen LogP contribution in [0.4, 0.5) is 0 Å². The molecule has 19 heavy (non-hydrogen) atoms.